The summed E-state index contributed by atoms with van der Waals surface area (Å²) in [6, 6.07) is 5.23. The summed E-state index contributed by atoms with van der Waals surface area (Å²) in [6.45, 7) is 3.82. The van der Waals surface area contributed by atoms with Crippen molar-refractivity contribution in [2.24, 2.45) is 0 Å². The largest absolute Gasteiger partial charge is 0.390 e. The Labute approximate surface area is 214 Å². The zero-order valence-corrected chi connectivity index (χ0v) is 20.7. The van der Waals surface area contributed by atoms with Crippen LogP contribution in [-0.4, -0.2) is 47.4 Å². The fraction of sp³-hybridized carbons (Fsp3) is 0.280. The lowest BCUT2D eigenvalue weighted by Crippen LogP contribution is -2.32. The standard InChI is InChI=1S/C25H24F3N7O3/c1-4-34-21(12-30-33-34)16-9-17(11-29-10-16)35-24(38)14(2)8-20(32-35)23(37)31-15(3)18-6-5-7-19(22(18)26)25(27,28)13-36/h5-12,15,36H,4,13H2,1-3H3,(H,31,37)/t15-/m1/s1. The Bertz CT molecular complexity index is 1550. The monoisotopic (exact) mass is 527 g/mol. The number of aliphatic hydroxyl groups excluding tert-OH is 1. The molecule has 0 aliphatic rings. The van der Waals surface area contributed by atoms with Gasteiger partial charge in [0.2, 0.25) is 0 Å². The predicted octanol–water partition coefficient (Wildman–Crippen LogP) is 2.93. The van der Waals surface area contributed by atoms with Crippen LogP contribution in [0.15, 0.2) is 53.7 Å². The van der Waals surface area contributed by atoms with Gasteiger partial charge in [-0.2, -0.15) is 18.6 Å². The van der Waals surface area contributed by atoms with Crippen molar-refractivity contribution in [2.75, 3.05) is 6.61 Å². The number of carbonyl (C=O) groups is 1. The van der Waals surface area contributed by atoms with Gasteiger partial charge in [-0.25, -0.2) is 9.07 Å². The van der Waals surface area contributed by atoms with E-state index in [0.717, 1.165) is 10.7 Å². The van der Waals surface area contributed by atoms with Gasteiger partial charge in [0, 0.05) is 29.4 Å². The van der Waals surface area contributed by atoms with E-state index in [1.165, 1.54) is 38.2 Å². The average molecular weight is 528 g/mol. The number of halogens is 3. The number of amides is 1. The third-order valence-corrected chi connectivity index (χ3v) is 5.94. The van der Waals surface area contributed by atoms with Gasteiger partial charge >= 0.3 is 0 Å². The normalized spacial score (nSPS) is 12.4. The van der Waals surface area contributed by atoms with Crippen LogP contribution < -0.4 is 10.9 Å². The molecule has 198 valence electrons. The molecule has 0 unspecified atom stereocenters. The van der Waals surface area contributed by atoms with Gasteiger partial charge in [0.05, 0.1) is 35.4 Å². The maximum atomic E-state index is 14.8. The van der Waals surface area contributed by atoms with E-state index >= 15 is 0 Å². The minimum Gasteiger partial charge on any atom is -0.390 e. The lowest BCUT2D eigenvalue weighted by atomic mass is 10.00. The van der Waals surface area contributed by atoms with E-state index in [1.807, 2.05) is 6.92 Å². The number of aliphatic hydroxyl groups is 1. The molecule has 0 spiro atoms. The Kier molecular flexibility index (Phi) is 7.39. The molecule has 1 aromatic carbocycles. The van der Waals surface area contributed by atoms with E-state index in [4.69, 9.17) is 5.11 Å². The summed E-state index contributed by atoms with van der Waals surface area (Å²) < 4.78 is 45.4. The van der Waals surface area contributed by atoms with E-state index in [0.29, 0.717) is 17.8 Å². The van der Waals surface area contributed by atoms with Crippen molar-refractivity contribution in [3.05, 3.63) is 87.5 Å². The number of rotatable bonds is 8. The second kappa shape index (κ2) is 10.5. The number of aromatic nitrogens is 6. The third-order valence-electron chi connectivity index (χ3n) is 5.94. The predicted molar refractivity (Wildman–Crippen MR) is 130 cm³/mol. The highest BCUT2D eigenvalue weighted by Gasteiger charge is 2.35. The van der Waals surface area contributed by atoms with Gasteiger partial charge in [0.15, 0.2) is 0 Å². The summed E-state index contributed by atoms with van der Waals surface area (Å²) in [5, 5.41) is 23.5. The molecule has 0 aliphatic carbocycles. The maximum absolute atomic E-state index is 14.8. The summed E-state index contributed by atoms with van der Waals surface area (Å²) >= 11 is 0. The van der Waals surface area contributed by atoms with E-state index in [-0.39, 0.29) is 22.5 Å². The Morgan fingerprint density at radius 1 is 1.21 bits per heavy atom. The van der Waals surface area contributed by atoms with Crippen molar-refractivity contribution in [3.8, 4) is 16.9 Å². The van der Waals surface area contributed by atoms with Gasteiger partial charge in [0.25, 0.3) is 17.4 Å². The molecule has 2 N–H and O–H groups in total. The molecule has 0 fully saturated rings. The third kappa shape index (κ3) is 5.05. The van der Waals surface area contributed by atoms with E-state index in [1.54, 1.807) is 23.1 Å². The Hall–Kier alpha value is -4.39. The quantitative estimate of drug-likeness (QED) is 0.361. The fourth-order valence-electron chi connectivity index (χ4n) is 3.90. The van der Waals surface area contributed by atoms with Gasteiger partial charge < -0.3 is 10.4 Å². The minimum absolute atomic E-state index is 0.156. The SMILES string of the molecule is CCn1nncc1-c1cncc(-n2nc(C(=O)N[C@H](C)c3cccc(C(F)(F)CO)c3F)cc(C)c2=O)c1. The van der Waals surface area contributed by atoms with Crippen LogP contribution in [0.3, 0.4) is 0 Å². The van der Waals surface area contributed by atoms with Crippen LogP contribution >= 0.6 is 0 Å². The number of carbonyl (C=O) groups excluding carboxylic acids is 1. The van der Waals surface area contributed by atoms with Gasteiger partial charge in [0.1, 0.15) is 18.1 Å². The Morgan fingerprint density at radius 3 is 2.68 bits per heavy atom. The first-order valence-corrected chi connectivity index (χ1v) is 11.6. The first-order chi connectivity index (χ1) is 18.1. The maximum Gasteiger partial charge on any atom is 0.298 e. The van der Waals surface area contributed by atoms with Crippen molar-refractivity contribution < 1.29 is 23.1 Å². The smallest absolute Gasteiger partial charge is 0.298 e. The fourth-order valence-corrected chi connectivity index (χ4v) is 3.90. The second-order valence-corrected chi connectivity index (χ2v) is 8.56. The molecular formula is C25H24F3N7O3. The van der Waals surface area contributed by atoms with Gasteiger partial charge in [-0.15, -0.1) is 5.10 Å². The Morgan fingerprint density at radius 2 is 1.97 bits per heavy atom. The number of hydrogen-bond donors (Lipinski definition) is 2. The lowest BCUT2D eigenvalue weighted by Gasteiger charge is -2.20. The molecule has 3 aromatic heterocycles. The summed E-state index contributed by atoms with van der Waals surface area (Å²) in [5.74, 6) is -5.78. The number of aryl methyl sites for hydroxylation is 2. The molecule has 0 aliphatic heterocycles. The number of nitrogens with one attached hydrogen (secondary N) is 1. The molecule has 3 heterocycles. The molecule has 4 aromatic rings. The van der Waals surface area contributed by atoms with E-state index < -0.39 is 41.4 Å². The highest BCUT2D eigenvalue weighted by atomic mass is 19.3. The molecule has 0 radical (unpaired) electrons. The van der Waals surface area contributed by atoms with Crippen LogP contribution in [0.2, 0.25) is 0 Å². The molecule has 1 atom stereocenters. The molecule has 0 saturated heterocycles. The van der Waals surface area contributed by atoms with Crippen molar-refractivity contribution >= 4 is 5.91 Å². The molecule has 4 rings (SSSR count). The van der Waals surface area contributed by atoms with Crippen LogP contribution in [0.5, 0.6) is 0 Å². The average Bonchev–Trinajstić information content (AvgIpc) is 3.39. The Balaban J connectivity index is 1.66. The molecule has 10 nitrogen and oxygen atoms in total. The van der Waals surface area contributed by atoms with Gasteiger partial charge in [-0.1, -0.05) is 17.3 Å². The highest BCUT2D eigenvalue weighted by molar-refractivity contribution is 5.92. The van der Waals surface area contributed by atoms with Crippen LogP contribution in [0.4, 0.5) is 13.2 Å². The van der Waals surface area contributed by atoms with Crippen molar-refractivity contribution in [1.82, 2.24) is 35.1 Å². The summed E-state index contributed by atoms with van der Waals surface area (Å²) in [7, 11) is 0. The molecule has 0 bridgehead atoms. The van der Waals surface area contributed by atoms with Crippen molar-refractivity contribution in [3.63, 3.8) is 0 Å². The highest BCUT2D eigenvalue weighted by Crippen LogP contribution is 2.32. The zero-order valence-electron chi connectivity index (χ0n) is 20.7. The zero-order chi connectivity index (χ0) is 27.6. The van der Waals surface area contributed by atoms with Crippen molar-refractivity contribution in [1.29, 1.82) is 0 Å². The number of nitrogens with zero attached hydrogens (tertiary/aromatic N) is 6. The van der Waals surface area contributed by atoms with E-state index in [9.17, 15) is 22.8 Å². The number of hydrogen-bond acceptors (Lipinski definition) is 7. The molecule has 38 heavy (non-hydrogen) atoms. The topological polar surface area (TPSA) is 128 Å². The second-order valence-electron chi connectivity index (χ2n) is 8.56. The summed E-state index contributed by atoms with van der Waals surface area (Å²) in [4.78, 5) is 30.1. The van der Waals surface area contributed by atoms with Crippen LogP contribution in [0, 0.1) is 12.7 Å². The molecule has 13 heteroatoms. The van der Waals surface area contributed by atoms with Crippen molar-refractivity contribution in [2.45, 2.75) is 39.3 Å². The summed E-state index contributed by atoms with van der Waals surface area (Å²) in [5.41, 5.74) is -0.0336. The van der Waals surface area contributed by atoms with Crippen LogP contribution in [-0.2, 0) is 12.5 Å². The number of benzene rings is 1. The number of pyridine rings is 1. The van der Waals surface area contributed by atoms with Gasteiger partial charge in [-0.3, -0.25) is 14.6 Å². The molecule has 1 amide bonds. The summed E-state index contributed by atoms with van der Waals surface area (Å²) in [6.07, 6.45) is 4.54. The van der Waals surface area contributed by atoms with Crippen LogP contribution in [0.25, 0.3) is 16.9 Å². The number of alkyl halides is 2. The van der Waals surface area contributed by atoms with E-state index in [2.05, 4.69) is 25.7 Å². The molecule has 0 saturated carbocycles. The minimum atomic E-state index is -3.79. The van der Waals surface area contributed by atoms with Gasteiger partial charge in [-0.05, 0) is 39.0 Å². The lowest BCUT2D eigenvalue weighted by molar-refractivity contribution is -0.0584. The molecular weight excluding hydrogens is 503 g/mol. The van der Waals surface area contributed by atoms with Crippen LogP contribution in [0.1, 0.15) is 47.1 Å². The first-order valence-electron chi connectivity index (χ1n) is 11.6. The first kappa shape index (κ1) is 26.7.